The number of nitrogens with zero attached hydrogens (tertiary/aromatic N) is 1. The van der Waals surface area contributed by atoms with E-state index in [1.165, 1.54) is 0 Å². The number of halogens is 2. The van der Waals surface area contributed by atoms with Gasteiger partial charge in [-0.2, -0.15) is 0 Å². The van der Waals surface area contributed by atoms with E-state index in [4.69, 9.17) is 16.3 Å². The fraction of sp³-hybridized carbons (Fsp3) is 0.200. The van der Waals surface area contributed by atoms with Crippen molar-refractivity contribution >= 4 is 50.7 Å². The standard InChI is InChI=1S/C25H23BrClN3O3/c1-16-6-9-20(10-7-16)30-14-18(12-24(30)31)25(32)29-28-19-8-11-23(21(26)13-19)33-15-17-4-2-3-5-22(17)27/h2-11,13,18,28H,12,14-15H2,1H3,(H,29,32)/t18-/m0/s1. The van der Waals surface area contributed by atoms with Gasteiger partial charge in [0, 0.05) is 29.2 Å². The first kappa shape index (κ1) is 23.1. The van der Waals surface area contributed by atoms with E-state index < -0.39 is 5.92 Å². The van der Waals surface area contributed by atoms with Gasteiger partial charge in [0.05, 0.1) is 16.1 Å². The molecule has 4 rings (SSSR count). The zero-order valence-corrected chi connectivity index (χ0v) is 20.3. The molecule has 170 valence electrons. The van der Waals surface area contributed by atoms with Crippen LogP contribution in [0.2, 0.25) is 5.02 Å². The van der Waals surface area contributed by atoms with Crippen LogP contribution in [0.4, 0.5) is 11.4 Å². The van der Waals surface area contributed by atoms with Gasteiger partial charge in [-0.3, -0.25) is 20.4 Å². The molecule has 2 N–H and O–H groups in total. The Hall–Kier alpha value is -3.03. The van der Waals surface area contributed by atoms with Crippen molar-refractivity contribution < 1.29 is 14.3 Å². The second kappa shape index (κ2) is 10.3. The predicted octanol–water partition coefficient (Wildman–Crippen LogP) is 5.49. The van der Waals surface area contributed by atoms with Crippen molar-refractivity contribution in [3.05, 3.63) is 87.4 Å². The Bertz CT molecular complexity index is 1170. The summed E-state index contributed by atoms with van der Waals surface area (Å²) < 4.78 is 6.58. The van der Waals surface area contributed by atoms with E-state index in [0.29, 0.717) is 29.6 Å². The lowest BCUT2D eigenvalue weighted by atomic mass is 10.1. The first-order chi connectivity index (χ1) is 15.9. The summed E-state index contributed by atoms with van der Waals surface area (Å²) in [6, 6.07) is 20.6. The van der Waals surface area contributed by atoms with Crippen LogP contribution in [-0.4, -0.2) is 18.4 Å². The predicted molar refractivity (Wildman–Crippen MR) is 133 cm³/mol. The molecule has 0 radical (unpaired) electrons. The van der Waals surface area contributed by atoms with Crippen LogP contribution in [0.25, 0.3) is 0 Å². The van der Waals surface area contributed by atoms with Gasteiger partial charge in [-0.15, -0.1) is 0 Å². The van der Waals surface area contributed by atoms with E-state index in [0.717, 1.165) is 21.3 Å². The number of rotatable bonds is 7. The van der Waals surface area contributed by atoms with E-state index in [9.17, 15) is 9.59 Å². The lowest BCUT2D eigenvalue weighted by Crippen LogP contribution is -2.36. The Morgan fingerprint density at radius 1 is 1.15 bits per heavy atom. The average molecular weight is 529 g/mol. The van der Waals surface area contributed by atoms with Gasteiger partial charge in [0.15, 0.2) is 0 Å². The number of ether oxygens (including phenoxy) is 1. The molecule has 1 heterocycles. The molecular weight excluding hydrogens is 506 g/mol. The maximum Gasteiger partial charge on any atom is 0.243 e. The summed E-state index contributed by atoms with van der Waals surface area (Å²) in [5.41, 5.74) is 9.13. The number of hydrogen-bond donors (Lipinski definition) is 2. The van der Waals surface area contributed by atoms with E-state index in [2.05, 4.69) is 26.8 Å². The fourth-order valence-electron chi connectivity index (χ4n) is 3.56. The van der Waals surface area contributed by atoms with Crippen LogP contribution < -0.4 is 20.5 Å². The van der Waals surface area contributed by atoms with Gasteiger partial charge in [0.2, 0.25) is 11.8 Å². The van der Waals surface area contributed by atoms with Crippen LogP contribution >= 0.6 is 27.5 Å². The van der Waals surface area contributed by atoms with Gasteiger partial charge in [-0.1, -0.05) is 47.5 Å². The van der Waals surface area contributed by atoms with Crippen molar-refractivity contribution in [2.75, 3.05) is 16.9 Å². The molecule has 0 aliphatic carbocycles. The number of hydrazine groups is 1. The van der Waals surface area contributed by atoms with Gasteiger partial charge < -0.3 is 9.64 Å². The van der Waals surface area contributed by atoms with Crippen molar-refractivity contribution in [1.29, 1.82) is 0 Å². The normalized spacial score (nSPS) is 15.4. The monoisotopic (exact) mass is 527 g/mol. The van der Waals surface area contributed by atoms with Crippen LogP contribution in [0.1, 0.15) is 17.5 Å². The molecule has 1 saturated heterocycles. The maximum atomic E-state index is 12.6. The Morgan fingerprint density at radius 3 is 2.64 bits per heavy atom. The summed E-state index contributed by atoms with van der Waals surface area (Å²) in [4.78, 5) is 26.7. The lowest BCUT2D eigenvalue weighted by molar-refractivity contribution is -0.125. The molecule has 2 amide bonds. The van der Waals surface area contributed by atoms with Crippen molar-refractivity contribution in [3.8, 4) is 5.75 Å². The molecule has 33 heavy (non-hydrogen) atoms. The third-order valence-electron chi connectivity index (χ3n) is 5.44. The summed E-state index contributed by atoms with van der Waals surface area (Å²) in [6.45, 7) is 2.69. The van der Waals surface area contributed by atoms with Gasteiger partial charge in [-0.25, -0.2) is 0 Å². The van der Waals surface area contributed by atoms with Crippen LogP contribution in [0.15, 0.2) is 71.2 Å². The minimum absolute atomic E-state index is 0.0539. The van der Waals surface area contributed by atoms with Crippen molar-refractivity contribution in [1.82, 2.24) is 5.43 Å². The molecule has 0 spiro atoms. The van der Waals surface area contributed by atoms with Gasteiger partial charge in [0.1, 0.15) is 12.4 Å². The first-order valence-electron chi connectivity index (χ1n) is 10.5. The van der Waals surface area contributed by atoms with E-state index in [1.54, 1.807) is 23.1 Å². The number of anilines is 2. The Labute approximate surface area is 206 Å². The highest BCUT2D eigenvalue weighted by Gasteiger charge is 2.35. The fourth-order valence-corrected chi connectivity index (χ4v) is 4.24. The van der Waals surface area contributed by atoms with Crippen molar-refractivity contribution in [3.63, 3.8) is 0 Å². The van der Waals surface area contributed by atoms with Gasteiger partial charge >= 0.3 is 0 Å². The summed E-state index contributed by atoms with van der Waals surface area (Å²) in [7, 11) is 0. The molecule has 1 fully saturated rings. The molecular formula is C25H23BrClN3O3. The smallest absolute Gasteiger partial charge is 0.243 e. The van der Waals surface area contributed by atoms with Crippen LogP contribution in [0.3, 0.4) is 0 Å². The molecule has 3 aromatic carbocycles. The van der Waals surface area contributed by atoms with Gasteiger partial charge in [0.25, 0.3) is 0 Å². The van der Waals surface area contributed by atoms with Crippen LogP contribution in [0.5, 0.6) is 5.75 Å². The number of carbonyl (C=O) groups is 2. The molecule has 1 aliphatic heterocycles. The van der Waals surface area contributed by atoms with E-state index >= 15 is 0 Å². The molecule has 6 nitrogen and oxygen atoms in total. The maximum absolute atomic E-state index is 12.6. The topological polar surface area (TPSA) is 70.7 Å². The summed E-state index contributed by atoms with van der Waals surface area (Å²) in [5.74, 6) is -0.0511. The molecule has 8 heteroatoms. The Kier molecular flexibility index (Phi) is 7.20. The minimum atomic E-state index is -0.423. The number of nitrogens with one attached hydrogen (secondary N) is 2. The zero-order chi connectivity index (χ0) is 23.4. The van der Waals surface area contributed by atoms with Crippen LogP contribution in [0, 0.1) is 12.8 Å². The number of aryl methyl sites for hydroxylation is 1. The Morgan fingerprint density at radius 2 is 1.91 bits per heavy atom. The van der Waals surface area contributed by atoms with Crippen LogP contribution in [-0.2, 0) is 16.2 Å². The van der Waals surface area contributed by atoms with Gasteiger partial charge in [-0.05, 0) is 59.3 Å². The number of benzene rings is 3. The molecule has 3 aromatic rings. The minimum Gasteiger partial charge on any atom is -0.488 e. The summed E-state index contributed by atoms with van der Waals surface area (Å²) in [5, 5.41) is 0.654. The molecule has 1 atom stereocenters. The molecule has 0 aromatic heterocycles. The average Bonchev–Trinajstić information content (AvgIpc) is 3.20. The highest BCUT2D eigenvalue weighted by atomic mass is 79.9. The number of amides is 2. The number of hydrogen-bond acceptors (Lipinski definition) is 4. The highest BCUT2D eigenvalue weighted by molar-refractivity contribution is 9.10. The molecule has 0 bridgehead atoms. The Balaban J connectivity index is 1.31. The quantitative estimate of drug-likeness (QED) is 0.398. The lowest BCUT2D eigenvalue weighted by Gasteiger charge is -2.17. The first-order valence-corrected chi connectivity index (χ1v) is 11.7. The van der Waals surface area contributed by atoms with E-state index in [-0.39, 0.29) is 18.2 Å². The summed E-state index contributed by atoms with van der Waals surface area (Å²) >= 11 is 9.67. The molecule has 0 saturated carbocycles. The second-order valence-corrected chi connectivity index (χ2v) is 9.14. The van der Waals surface area contributed by atoms with Crippen molar-refractivity contribution in [2.24, 2.45) is 5.92 Å². The second-order valence-electron chi connectivity index (χ2n) is 7.88. The molecule has 1 aliphatic rings. The molecule has 0 unspecified atom stereocenters. The number of carbonyl (C=O) groups excluding carboxylic acids is 2. The highest BCUT2D eigenvalue weighted by Crippen LogP contribution is 2.30. The van der Waals surface area contributed by atoms with E-state index in [1.807, 2.05) is 55.5 Å². The van der Waals surface area contributed by atoms with Crippen molar-refractivity contribution in [2.45, 2.75) is 20.0 Å². The SMILES string of the molecule is Cc1ccc(N2C[C@@H](C(=O)NNc3ccc(OCc4ccccc4Cl)c(Br)c3)CC2=O)cc1. The largest absolute Gasteiger partial charge is 0.488 e. The third-order valence-corrected chi connectivity index (χ3v) is 6.43. The zero-order valence-electron chi connectivity index (χ0n) is 18.0. The third kappa shape index (κ3) is 5.67. The summed E-state index contributed by atoms with van der Waals surface area (Å²) in [6.07, 6.45) is 0.180.